The molecule has 0 radical (unpaired) electrons. The van der Waals surface area contributed by atoms with Crippen molar-refractivity contribution in [1.82, 2.24) is 0 Å². The lowest BCUT2D eigenvalue weighted by molar-refractivity contribution is -0.120. The van der Waals surface area contributed by atoms with Crippen LogP contribution in [0.2, 0.25) is 0 Å². The van der Waals surface area contributed by atoms with Crippen molar-refractivity contribution in [3.05, 3.63) is 21.6 Å². The predicted octanol–water partition coefficient (Wildman–Crippen LogP) is 8.35. The van der Waals surface area contributed by atoms with E-state index in [-0.39, 0.29) is 21.6 Å². The minimum absolute atomic E-state index is 0.149. The smallest absolute Gasteiger partial charge is 0.244 e. The van der Waals surface area contributed by atoms with Crippen LogP contribution in [0.25, 0.3) is 0 Å². The van der Waals surface area contributed by atoms with Gasteiger partial charge in [-0.05, 0) is 12.8 Å². The van der Waals surface area contributed by atoms with Gasteiger partial charge in [-0.25, -0.2) is 0 Å². The average molecular weight is 490 g/mol. The molecule has 0 saturated heterocycles. The quantitative estimate of drug-likeness (QED) is 0.127. The molecule has 0 N–H and O–H groups in total. The van der Waals surface area contributed by atoms with Crippen LogP contribution >= 0.6 is 23.2 Å². The largest absolute Gasteiger partial charge is 0.488 e. The first-order valence-electron chi connectivity index (χ1n) is 12.7. The van der Waals surface area contributed by atoms with Crippen LogP contribution in [0.4, 0.5) is 0 Å². The summed E-state index contributed by atoms with van der Waals surface area (Å²) in [6.07, 6.45) is 18.6. The first-order chi connectivity index (χ1) is 15.5. The normalized spacial score (nSPS) is 14.5. The van der Waals surface area contributed by atoms with Crippen LogP contribution in [-0.2, 0) is 19.1 Å². The Bertz CT molecular complexity index is 571. The lowest BCUT2D eigenvalue weighted by Gasteiger charge is -2.18. The van der Waals surface area contributed by atoms with Crippen LogP contribution < -0.4 is 0 Å². The number of Topliss-reactive ketones (excluding diaryl/α,β-unsaturated/α-hetero) is 2. The zero-order chi connectivity index (χ0) is 23.6. The van der Waals surface area contributed by atoms with E-state index in [4.69, 9.17) is 32.7 Å². The van der Waals surface area contributed by atoms with Gasteiger partial charge in [0.15, 0.2) is 11.5 Å². The topological polar surface area (TPSA) is 52.6 Å². The van der Waals surface area contributed by atoms with Gasteiger partial charge in [0.25, 0.3) is 0 Å². The molecule has 0 atom stereocenters. The molecule has 0 aliphatic heterocycles. The number of rotatable bonds is 20. The highest BCUT2D eigenvalue weighted by molar-refractivity contribution is 6.55. The number of carbonyl (C=O) groups is 2. The molecule has 184 valence electrons. The number of hydrogen-bond acceptors (Lipinski definition) is 4. The molecule has 0 aromatic rings. The van der Waals surface area contributed by atoms with Crippen LogP contribution in [-0.4, -0.2) is 24.8 Å². The molecule has 1 aliphatic rings. The predicted molar refractivity (Wildman–Crippen MR) is 133 cm³/mol. The maximum Gasteiger partial charge on any atom is 0.244 e. The Kier molecular flexibility index (Phi) is 16.7. The van der Waals surface area contributed by atoms with Gasteiger partial charge in [0.05, 0.1) is 13.2 Å². The third-order valence-electron chi connectivity index (χ3n) is 5.70. The summed E-state index contributed by atoms with van der Waals surface area (Å²) in [6, 6.07) is 0. The fraction of sp³-hybridized carbons (Fsp3) is 0.769. The molecular weight excluding hydrogens is 447 g/mol. The molecule has 32 heavy (non-hydrogen) atoms. The van der Waals surface area contributed by atoms with Gasteiger partial charge in [-0.2, -0.15) is 0 Å². The van der Waals surface area contributed by atoms with Crippen molar-refractivity contribution in [2.24, 2.45) is 0 Å². The summed E-state index contributed by atoms with van der Waals surface area (Å²) in [4.78, 5) is 25.1. The van der Waals surface area contributed by atoms with Crippen molar-refractivity contribution in [2.75, 3.05) is 13.2 Å². The van der Waals surface area contributed by atoms with Gasteiger partial charge in [0.1, 0.15) is 10.1 Å². The number of carbonyl (C=O) groups excluding carboxylic acids is 2. The fourth-order valence-corrected chi connectivity index (χ4v) is 4.14. The summed E-state index contributed by atoms with van der Waals surface area (Å²) in [7, 11) is 0. The molecular formula is C26H42Cl2O4. The molecule has 0 heterocycles. The number of hydrogen-bond donors (Lipinski definition) is 0. The first kappa shape index (κ1) is 29.0. The molecule has 1 rings (SSSR count). The molecule has 0 spiro atoms. The first-order valence-corrected chi connectivity index (χ1v) is 13.4. The summed E-state index contributed by atoms with van der Waals surface area (Å²) < 4.78 is 11.1. The summed E-state index contributed by atoms with van der Waals surface area (Å²) >= 11 is 12.3. The monoisotopic (exact) mass is 488 g/mol. The minimum Gasteiger partial charge on any atom is -0.488 e. The van der Waals surface area contributed by atoms with Crippen LogP contribution in [0.1, 0.15) is 117 Å². The minimum atomic E-state index is -0.568. The number of halogens is 2. The Morgan fingerprint density at radius 2 is 0.781 bits per heavy atom. The van der Waals surface area contributed by atoms with Crippen LogP contribution in [0.5, 0.6) is 0 Å². The highest BCUT2D eigenvalue weighted by Crippen LogP contribution is 2.31. The molecule has 0 bridgehead atoms. The molecule has 0 amide bonds. The summed E-state index contributed by atoms with van der Waals surface area (Å²) in [5.74, 6) is -1.43. The standard InChI is InChI=1S/C26H42Cl2O4/c1-3-5-7-9-11-13-15-17-19-31-25-21(27)24(30)26(22(28)23(25)29)32-20-18-16-14-12-10-8-6-4-2/h3-20H2,1-2H3. The molecule has 4 nitrogen and oxygen atoms in total. The zero-order valence-electron chi connectivity index (χ0n) is 20.1. The van der Waals surface area contributed by atoms with E-state index in [1.54, 1.807) is 0 Å². The lowest BCUT2D eigenvalue weighted by atomic mass is 10.1. The van der Waals surface area contributed by atoms with Crippen LogP contribution in [0.3, 0.4) is 0 Å². The number of unbranched alkanes of at least 4 members (excludes halogenated alkanes) is 14. The molecule has 0 fully saturated rings. The van der Waals surface area contributed by atoms with E-state index in [0.717, 1.165) is 38.5 Å². The Labute approximate surface area is 205 Å². The van der Waals surface area contributed by atoms with E-state index in [0.29, 0.717) is 13.2 Å². The van der Waals surface area contributed by atoms with Crippen molar-refractivity contribution >= 4 is 34.8 Å². The Morgan fingerprint density at radius 1 is 0.500 bits per heavy atom. The van der Waals surface area contributed by atoms with Crippen molar-refractivity contribution in [3.8, 4) is 0 Å². The zero-order valence-corrected chi connectivity index (χ0v) is 21.6. The van der Waals surface area contributed by atoms with E-state index >= 15 is 0 Å². The van der Waals surface area contributed by atoms with E-state index < -0.39 is 11.6 Å². The Balaban J connectivity index is 2.30. The maximum absolute atomic E-state index is 12.5. The van der Waals surface area contributed by atoms with Crippen molar-refractivity contribution in [2.45, 2.75) is 117 Å². The van der Waals surface area contributed by atoms with Gasteiger partial charge in [-0.15, -0.1) is 0 Å². The average Bonchev–Trinajstić information content (AvgIpc) is 2.79. The highest BCUT2D eigenvalue weighted by Gasteiger charge is 2.36. The number of ketones is 2. The van der Waals surface area contributed by atoms with Crippen molar-refractivity contribution < 1.29 is 19.1 Å². The van der Waals surface area contributed by atoms with E-state index in [1.165, 1.54) is 64.2 Å². The van der Waals surface area contributed by atoms with Crippen LogP contribution in [0.15, 0.2) is 21.6 Å². The molecule has 1 aliphatic carbocycles. The van der Waals surface area contributed by atoms with Gasteiger partial charge in [0.2, 0.25) is 11.6 Å². The van der Waals surface area contributed by atoms with Gasteiger partial charge in [0, 0.05) is 0 Å². The Hall–Kier alpha value is -1.00. The summed E-state index contributed by atoms with van der Waals surface area (Å²) in [5, 5.41) is -0.463. The second-order valence-corrected chi connectivity index (χ2v) is 9.35. The molecule has 0 unspecified atom stereocenters. The van der Waals surface area contributed by atoms with E-state index in [2.05, 4.69) is 13.8 Å². The second kappa shape index (κ2) is 18.4. The van der Waals surface area contributed by atoms with Gasteiger partial charge in [-0.1, -0.05) is 127 Å². The fourth-order valence-electron chi connectivity index (χ4n) is 3.68. The van der Waals surface area contributed by atoms with Gasteiger partial charge >= 0.3 is 0 Å². The molecule has 6 heteroatoms. The van der Waals surface area contributed by atoms with Crippen LogP contribution in [0, 0.1) is 0 Å². The third kappa shape index (κ3) is 11.2. The van der Waals surface area contributed by atoms with E-state index in [9.17, 15) is 9.59 Å². The summed E-state index contributed by atoms with van der Waals surface area (Å²) in [5.41, 5.74) is 0. The SMILES string of the molecule is CCCCCCCCCCOC1=C(Cl)C(=O)C(OCCCCCCCCCC)=C(Cl)C1=O. The van der Waals surface area contributed by atoms with Gasteiger partial charge < -0.3 is 9.47 Å². The third-order valence-corrected chi connectivity index (χ3v) is 6.39. The number of allylic oxidation sites excluding steroid dienone is 2. The van der Waals surface area contributed by atoms with Crippen molar-refractivity contribution in [3.63, 3.8) is 0 Å². The lowest BCUT2D eigenvalue weighted by Crippen LogP contribution is -2.23. The van der Waals surface area contributed by atoms with E-state index in [1.807, 2.05) is 0 Å². The van der Waals surface area contributed by atoms with Gasteiger partial charge in [-0.3, -0.25) is 9.59 Å². The second-order valence-electron chi connectivity index (χ2n) is 8.59. The molecule has 0 aromatic heterocycles. The highest BCUT2D eigenvalue weighted by atomic mass is 35.5. The number of ether oxygens (including phenoxy) is 2. The maximum atomic E-state index is 12.5. The summed E-state index contributed by atoms with van der Waals surface area (Å²) in [6.45, 7) is 5.11. The molecule has 0 aromatic carbocycles. The molecule has 0 saturated carbocycles. The Morgan fingerprint density at radius 3 is 1.09 bits per heavy atom. The van der Waals surface area contributed by atoms with Crippen molar-refractivity contribution in [1.29, 1.82) is 0 Å².